The van der Waals surface area contributed by atoms with Crippen LogP contribution in [0.2, 0.25) is 0 Å². The molecule has 1 aromatic rings. The van der Waals surface area contributed by atoms with Crippen LogP contribution >= 0.6 is 0 Å². The Morgan fingerprint density at radius 2 is 2.00 bits per heavy atom. The van der Waals surface area contributed by atoms with Gasteiger partial charge in [-0.05, 0) is 45.4 Å². The lowest BCUT2D eigenvalue weighted by atomic mass is 9.87. The third-order valence-electron chi connectivity index (χ3n) is 4.93. The molecular weight excluding hydrogens is 292 g/mol. The van der Waals surface area contributed by atoms with Crippen LogP contribution in [0.25, 0.3) is 0 Å². The molecule has 1 saturated carbocycles. The minimum Gasteiger partial charge on any atom is -0.384 e. The summed E-state index contributed by atoms with van der Waals surface area (Å²) in [6, 6.07) is 0.160. The third-order valence-corrected chi connectivity index (χ3v) is 4.93. The maximum absolute atomic E-state index is 12.3. The number of aromatic nitrogens is 3. The van der Waals surface area contributed by atoms with Crippen molar-refractivity contribution in [3.05, 3.63) is 23.5 Å². The molecule has 2 fully saturated rings. The maximum atomic E-state index is 12.3. The van der Waals surface area contributed by atoms with E-state index in [1.807, 2.05) is 11.0 Å². The molecule has 0 atom stereocenters. The molecule has 0 unspecified atom stereocenters. The van der Waals surface area contributed by atoms with Crippen molar-refractivity contribution in [3.8, 4) is 0 Å². The van der Waals surface area contributed by atoms with Gasteiger partial charge in [-0.1, -0.05) is 17.7 Å². The molecule has 1 aromatic heterocycles. The Labute approximate surface area is 137 Å². The van der Waals surface area contributed by atoms with Crippen LogP contribution in [0.1, 0.15) is 58.2 Å². The number of nitrogens with zero attached hydrogens (tertiary/aromatic N) is 4. The summed E-state index contributed by atoms with van der Waals surface area (Å²) in [5.41, 5.74) is 0.863. The zero-order valence-electron chi connectivity index (χ0n) is 14.2. The van der Waals surface area contributed by atoms with Gasteiger partial charge in [0.05, 0.1) is 12.2 Å². The molecule has 23 heavy (non-hydrogen) atoms. The molecule has 2 aliphatic rings. The summed E-state index contributed by atoms with van der Waals surface area (Å²) in [6.45, 7) is 6.98. The smallest absolute Gasteiger partial charge is 0.246 e. The van der Waals surface area contributed by atoms with Crippen LogP contribution in [0.5, 0.6) is 0 Å². The van der Waals surface area contributed by atoms with Crippen molar-refractivity contribution in [3.63, 3.8) is 0 Å². The highest BCUT2D eigenvalue weighted by Crippen LogP contribution is 2.29. The van der Waals surface area contributed by atoms with Crippen molar-refractivity contribution in [2.24, 2.45) is 5.92 Å². The van der Waals surface area contributed by atoms with Gasteiger partial charge in [-0.15, -0.1) is 5.10 Å². The summed E-state index contributed by atoms with van der Waals surface area (Å²) in [6.07, 6.45) is 8.12. The van der Waals surface area contributed by atoms with E-state index in [2.05, 4.69) is 17.2 Å². The zero-order valence-corrected chi connectivity index (χ0v) is 14.2. The fraction of sp³-hybridized carbons (Fsp3) is 0.706. The fourth-order valence-corrected chi connectivity index (χ4v) is 3.08. The average Bonchev–Trinajstić information content (AvgIpc) is 2.89. The Bertz CT molecular complexity index is 598. The Morgan fingerprint density at radius 3 is 2.57 bits per heavy atom. The number of likely N-dealkylation sites (tertiary alicyclic amines) is 1. The first-order chi connectivity index (χ1) is 10.8. The summed E-state index contributed by atoms with van der Waals surface area (Å²) in [7, 11) is 0. The molecule has 0 bridgehead atoms. The number of hydrogen-bond acceptors (Lipinski definition) is 4. The van der Waals surface area contributed by atoms with Crippen LogP contribution in [-0.4, -0.2) is 44.0 Å². The number of aliphatic hydroxyl groups is 1. The summed E-state index contributed by atoms with van der Waals surface area (Å²) in [5, 5.41) is 18.0. The monoisotopic (exact) mass is 318 g/mol. The first-order valence-corrected chi connectivity index (χ1v) is 8.46. The predicted molar refractivity (Wildman–Crippen MR) is 86.6 cm³/mol. The van der Waals surface area contributed by atoms with Gasteiger partial charge in [0.1, 0.15) is 11.3 Å². The van der Waals surface area contributed by atoms with Crippen molar-refractivity contribution < 1.29 is 9.90 Å². The van der Waals surface area contributed by atoms with E-state index in [4.69, 9.17) is 0 Å². The Morgan fingerprint density at radius 1 is 1.35 bits per heavy atom. The Hall–Kier alpha value is -1.69. The second kappa shape index (κ2) is 6.07. The van der Waals surface area contributed by atoms with E-state index >= 15 is 0 Å². The molecular formula is C17H26N4O2. The minimum atomic E-state index is -0.986. The van der Waals surface area contributed by atoms with Gasteiger partial charge in [0, 0.05) is 19.2 Å². The molecule has 1 aliphatic carbocycles. The fourth-order valence-electron chi connectivity index (χ4n) is 3.08. The van der Waals surface area contributed by atoms with E-state index in [0.29, 0.717) is 18.8 Å². The van der Waals surface area contributed by atoms with Gasteiger partial charge in [0.25, 0.3) is 0 Å². The summed E-state index contributed by atoms with van der Waals surface area (Å²) in [4.78, 5) is 14.1. The van der Waals surface area contributed by atoms with Gasteiger partial charge in [0.2, 0.25) is 5.91 Å². The van der Waals surface area contributed by atoms with Crippen molar-refractivity contribution >= 4 is 5.91 Å². The molecule has 0 radical (unpaired) electrons. The molecule has 1 N–H and O–H groups in total. The van der Waals surface area contributed by atoms with Gasteiger partial charge >= 0.3 is 0 Å². The standard InChI is InChI=1S/C17H26N4O2/c1-12-4-6-13(7-5-12)8-16(22)20-9-14(10-20)21-11-15(18-19-21)17(2,3)23/h8,11-12,14,23H,4-7,9-10H2,1-3H3. The second-order valence-electron chi connectivity index (χ2n) is 7.52. The molecule has 1 amide bonds. The van der Waals surface area contributed by atoms with Crippen molar-refractivity contribution in [1.29, 1.82) is 0 Å². The Kier molecular flexibility index (Phi) is 4.27. The van der Waals surface area contributed by atoms with E-state index < -0.39 is 5.60 Å². The largest absolute Gasteiger partial charge is 0.384 e. The lowest BCUT2D eigenvalue weighted by molar-refractivity contribution is -0.131. The molecule has 1 saturated heterocycles. The zero-order chi connectivity index (χ0) is 16.6. The molecule has 3 rings (SSSR count). The Balaban J connectivity index is 1.53. The summed E-state index contributed by atoms with van der Waals surface area (Å²) >= 11 is 0. The van der Waals surface area contributed by atoms with Gasteiger partial charge in [-0.25, -0.2) is 4.68 Å². The molecule has 0 aromatic carbocycles. The van der Waals surface area contributed by atoms with Crippen LogP contribution in [-0.2, 0) is 10.4 Å². The van der Waals surface area contributed by atoms with Gasteiger partial charge in [0.15, 0.2) is 0 Å². The van der Waals surface area contributed by atoms with Gasteiger partial charge in [-0.2, -0.15) is 0 Å². The van der Waals surface area contributed by atoms with E-state index in [9.17, 15) is 9.90 Å². The lowest BCUT2D eigenvalue weighted by Crippen LogP contribution is -2.50. The van der Waals surface area contributed by atoms with E-state index in [0.717, 1.165) is 18.8 Å². The molecule has 0 spiro atoms. The number of rotatable bonds is 3. The van der Waals surface area contributed by atoms with Crippen LogP contribution < -0.4 is 0 Å². The highest BCUT2D eigenvalue weighted by Gasteiger charge is 2.33. The quantitative estimate of drug-likeness (QED) is 0.866. The van der Waals surface area contributed by atoms with Gasteiger partial charge < -0.3 is 10.0 Å². The topological polar surface area (TPSA) is 71.2 Å². The number of allylic oxidation sites excluding steroid dienone is 1. The number of carbonyl (C=O) groups is 1. The van der Waals surface area contributed by atoms with Crippen LogP contribution in [0, 0.1) is 5.92 Å². The number of amides is 1. The third kappa shape index (κ3) is 3.63. The summed E-state index contributed by atoms with van der Waals surface area (Å²) in [5.74, 6) is 0.904. The SMILES string of the molecule is CC1CCC(=CC(=O)N2CC(n3cc(C(C)(C)O)nn3)C2)CC1. The van der Waals surface area contributed by atoms with E-state index in [1.54, 1.807) is 24.7 Å². The minimum absolute atomic E-state index is 0.119. The van der Waals surface area contributed by atoms with Crippen molar-refractivity contribution in [1.82, 2.24) is 19.9 Å². The molecule has 6 nitrogen and oxygen atoms in total. The number of hydrogen-bond donors (Lipinski definition) is 1. The molecule has 126 valence electrons. The van der Waals surface area contributed by atoms with Crippen LogP contribution in [0.3, 0.4) is 0 Å². The van der Waals surface area contributed by atoms with E-state index in [-0.39, 0.29) is 11.9 Å². The first-order valence-electron chi connectivity index (χ1n) is 8.46. The highest BCUT2D eigenvalue weighted by molar-refractivity contribution is 5.89. The molecule has 2 heterocycles. The lowest BCUT2D eigenvalue weighted by Gasteiger charge is -2.38. The predicted octanol–water partition coefficient (Wildman–Crippen LogP) is 2.03. The highest BCUT2D eigenvalue weighted by atomic mass is 16.3. The van der Waals surface area contributed by atoms with E-state index in [1.165, 1.54) is 18.4 Å². The van der Waals surface area contributed by atoms with Crippen molar-refractivity contribution in [2.45, 2.75) is 58.1 Å². The second-order valence-corrected chi connectivity index (χ2v) is 7.52. The summed E-state index contributed by atoms with van der Waals surface area (Å²) < 4.78 is 1.76. The van der Waals surface area contributed by atoms with Gasteiger partial charge in [-0.3, -0.25) is 4.79 Å². The maximum Gasteiger partial charge on any atom is 0.246 e. The first kappa shape index (κ1) is 16.2. The van der Waals surface area contributed by atoms with Crippen LogP contribution in [0.15, 0.2) is 17.8 Å². The molecule has 6 heteroatoms. The number of carbonyl (C=O) groups excluding carboxylic acids is 1. The average molecular weight is 318 g/mol. The van der Waals surface area contributed by atoms with Crippen molar-refractivity contribution in [2.75, 3.05) is 13.1 Å². The molecule has 1 aliphatic heterocycles. The van der Waals surface area contributed by atoms with Crippen LogP contribution in [0.4, 0.5) is 0 Å². The normalized spacial score (nSPS) is 22.9.